The normalized spacial score (nSPS) is 9.95. The number of nitrogens with one attached hydrogen (secondary N) is 2. The third kappa shape index (κ3) is 3.73. The van der Waals surface area contributed by atoms with Crippen molar-refractivity contribution in [2.24, 2.45) is 0 Å². The molecular weight excluding hydrogens is 311 g/mol. The Labute approximate surface area is 131 Å². The summed E-state index contributed by atoms with van der Waals surface area (Å²) in [6.45, 7) is 0. The minimum Gasteiger partial charge on any atom is -0.496 e. The molecule has 0 radical (unpaired) electrons. The van der Waals surface area contributed by atoms with E-state index in [1.165, 1.54) is 25.3 Å². The Morgan fingerprint density at radius 3 is 2.32 bits per heavy atom. The van der Waals surface area contributed by atoms with Gasteiger partial charge in [0.2, 0.25) is 0 Å². The van der Waals surface area contributed by atoms with E-state index in [0.717, 1.165) is 12.1 Å². The largest absolute Gasteiger partial charge is 0.496 e. The first-order valence-corrected chi connectivity index (χ1v) is 6.59. The predicted octanol–water partition coefficient (Wildman–Crippen LogP) is 2.56. The lowest BCUT2D eigenvalue weighted by Crippen LogP contribution is -2.41. The van der Waals surface area contributed by atoms with Crippen LogP contribution in [0.15, 0.2) is 42.5 Å². The molecule has 2 N–H and O–H groups in total. The van der Waals surface area contributed by atoms with Crippen molar-refractivity contribution in [3.8, 4) is 5.75 Å². The standard InChI is InChI=1S/C15H12ClFN2O3/c1-22-13-7-4-10(16)8-12(13)15(21)19-18-14(20)9-2-5-11(17)6-3-9/h2-8H,1H3,(H,18,20)(H,19,21). The summed E-state index contributed by atoms with van der Waals surface area (Å²) < 4.78 is 17.8. The van der Waals surface area contributed by atoms with Crippen molar-refractivity contribution in [2.75, 3.05) is 7.11 Å². The fourth-order valence-electron chi connectivity index (χ4n) is 1.71. The first-order valence-electron chi connectivity index (χ1n) is 6.21. The number of hydrogen-bond acceptors (Lipinski definition) is 3. The number of ether oxygens (including phenoxy) is 1. The van der Waals surface area contributed by atoms with Crippen LogP contribution < -0.4 is 15.6 Å². The van der Waals surface area contributed by atoms with Crippen molar-refractivity contribution < 1.29 is 18.7 Å². The van der Waals surface area contributed by atoms with Gasteiger partial charge < -0.3 is 4.74 Å². The average Bonchev–Trinajstić information content (AvgIpc) is 2.53. The highest BCUT2D eigenvalue weighted by molar-refractivity contribution is 6.31. The van der Waals surface area contributed by atoms with Crippen molar-refractivity contribution in [1.29, 1.82) is 0 Å². The van der Waals surface area contributed by atoms with Crippen LogP contribution in [-0.4, -0.2) is 18.9 Å². The first kappa shape index (κ1) is 15.8. The zero-order valence-electron chi connectivity index (χ0n) is 11.5. The second kappa shape index (κ2) is 6.91. The average molecular weight is 323 g/mol. The Balaban J connectivity index is 2.05. The van der Waals surface area contributed by atoms with Crippen molar-refractivity contribution in [2.45, 2.75) is 0 Å². The molecule has 0 saturated heterocycles. The Bertz CT molecular complexity index is 704. The number of amides is 2. The number of methoxy groups -OCH3 is 1. The summed E-state index contributed by atoms with van der Waals surface area (Å²) in [6.07, 6.45) is 0. The number of carbonyl (C=O) groups is 2. The van der Waals surface area contributed by atoms with Crippen LogP contribution in [0.4, 0.5) is 4.39 Å². The molecule has 2 aromatic rings. The summed E-state index contributed by atoms with van der Waals surface area (Å²) in [7, 11) is 1.41. The molecule has 0 saturated carbocycles. The van der Waals surface area contributed by atoms with Crippen molar-refractivity contribution >= 4 is 23.4 Å². The van der Waals surface area contributed by atoms with Gasteiger partial charge in [-0.15, -0.1) is 0 Å². The molecule has 2 rings (SSSR count). The van der Waals surface area contributed by atoms with Gasteiger partial charge in [0, 0.05) is 10.6 Å². The minimum atomic E-state index is -0.588. The lowest BCUT2D eigenvalue weighted by molar-refractivity contribution is 0.0845. The molecule has 0 heterocycles. The highest BCUT2D eigenvalue weighted by Crippen LogP contribution is 2.22. The number of halogens is 2. The molecule has 0 unspecified atom stereocenters. The minimum absolute atomic E-state index is 0.175. The van der Waals surface area contributed by atoms with Gasteiger partial charge in [0.15, 0.2) is 0 Å². The second-order valence-corrected chi connectivity index (χ2v) is 4.70. The van der Waals surface area contributed by atoms with Gasteiger partial charge in [-0.1, -0.05) is 11.6 Å². The number of carbonyl (C=O) groups excluding carboxylic acids is 2. The van der Waals surface area contributed by atoms with E-state index in [1.54, 1.807) is 12.1 Å². The topological polar surface area (TPSA) is 67.4 Å². The maximum absolute atomic E-state index is 12.8. The zero-order valence-corrected chi connectivity index (χ0v) is 12.3. The highest BCUT2D eigenvalue weighted by Gasteiger charge is 2.14. The molecule has 2 amide bonds. The zero-order chi connectivity index (χ0) is 16.1. The molecule has 114 valence electrons. The van der Waals surface area contributed by atoms with E-state index in [1.807, 2.05) is 0 Å². The van der Waals surface area contributed by atoms with Crippen LogP contribution in [0, 0.1) is 5.82 Å². The fraction of sp³-hybridized carbons (Fsp3) is 0.0667. The quantitative estimate of drug-likeness (QED) is 0.853. The summed E-state index contributed by atoms with van der Waals surface area (Å²) >= 11 is 5.83. The van der Waals surface area contributed by atoms with E-state index in [2.05, 4.69) is 10.9 Å². The molecule has 0 aliphatic heterocycles. The lowest BCUT2D eigenvalue weighted by Gasteiger charge is -2.10. The molecule has 7 heteroatoms. The van der Waals surface area contributed by atoms with Crippen LogP contribution in [0.1, 0.15) is 20.7 Å². The van der Waals surface area contributed by atoms with Gasteiger partial charge in [0.1, 0.15) is 11.6 Å². The van der Waals surface area contributed by atoms with Gasteiger partial charge >= 0.3 is 0 Å². The van der Waals surface area contributed by atoms with Crippen LogP contribution in [0.25, 0.3) is 0 Å². The van der Waals surface area contributed by atoms with Crippen molar-refractivity contribution in [3.05, 3.63) is 64.4 Å². The Hall–Kier alpha value is -2.60. The van der Waals surface area contributed by atoms with Crippen LogP contribution in [0.3, 0.4) is 0 Å². The second-order valence-electron chi connectivity index (χ2n) is 4.26. The van der Waals surface area contributed by atoms with Crippen LogP contribution >= 0.6 is 11.6 Å². The molecule has 0 aliphatic rings. The number of hydrogen-bond donors (Lipinski definition) is 2. The molecule has 22 heavy (non-hydrogen) atoms. The summed E-state index contributed by atoms with van der Waals surface area (Å²) in [5, 5.41) is 0.357. The number of rotatable bonds is 3. The van der Waals surface area contributed by atoms with Crippen LogP contribution in [0.2, 0.25) is 5.02 Å². The number of hydrazine groups is 1. The van der Waals surface area contributed by atoms with E-state index < -0.39 is 17.6 Å². The SMILES string of the molecule is COc1ccc(Cl)cc1C(=O)NNC(=O)c1ccc(F)cc1. The van der Waals surface area contributed by atoms with E-state index in [0.29, 0.717) is 10.8 Å². The van der Waals surface area contributed by atoms with E-state index in [4.69, 9.17) is 16.3 Å². The first-order chi connectivity index (χ1) is 10.5. The Kier molecular flexibility index (Phi) is 4.95. The maximum Gasteiger partial charge on any atom is 0.273 e. The summed E-state index contributed by atoms with van der Waals surface area (Å²) in [6, 6.07) is 9.44. The van der Waals surface area contributed by atoms with Gasteiger partial charge in [-0.05, 0) is 42.5 Å². The highest BCUT2D eigenvalue weighted by atomic mass is 35.5. The molecular formula is C15H12ClFN2O3. The predicted molar refractivity (Wildman–Crippen MR) is 79.3 cm³/mol. The van der Waals surface area contributed by atoms with Crippen molar-refractivity contribution in [1.82, 2.24) is 10.9 Å². The summed E-state index contributed by atoms with van der Waals surface area (Å²) in [4.78, 5) is 23.8. The summed E-state index contributed by atoms with van der Waals surface area (Å²) in [5.74, 6) is -1.30. The van der Waals surface area contributed by atoms with Crippen LogP contribution in [0.5, 0.6) is 5.75 Å². The summed E-state index contributed by atoms with van der Waals surface area (Å²) in [5.41, 5.74) is 4.85. The van der Waals surface area contributed by atoms with Gasteiger partial charge in [0.05, 0.1) is 12.7 Å². The Morgan fingerprint density at radius 2 is 1.68 bits per heavy atom. The maximum atomic E-state index is 12.8. The third-order valence-corrected chi connectivity index (χ3v) is 3.04. The molecule has 0 aliphatic carbocycles. The fourth-order valence-corrected chi connectivity index (χ4v) is 1.88. The molecule has 0 atom stereocenters. The third-order valence-electron chi connectivity index (χ3n) is 2.80. The van der Waals surface area contributed by atoms with Gasteiger partial charge in [-0.25, -0.2) is 4.39 Å². The molecule has 0 fully saturated rings. The molecule has 5 nitrogen and oxygen atoms in total. The van der Waals surface area contributed by atoms with Gasteiger partial charge in [0.25, 0.3) is 11.8 Å². The lowest BCUT2D eigenvalue weighted by atomic mass is 10.2. The molecule has 0 spiro atoms. The monoisotopic (exact) mass is 322 g/mol. The molecule has 0 aromatic heterocycles. The van der Waals surface area contributed by atoms with Gasteiger partial charge in [-0.2, -0.15) is 0 Å². The smallest absolute Gasteiger partial charge is 0.273 e. The van der Waals surface area contributed by atoms with E-state index in [9.17, 15) is 14.0 Å². The van der Waals surface area contributed by atoms with Crippen molar-refractivity contribution in [3.63, 3.8) is 0 Å². The Morgan fingerprint density at radius 1 is 1.05 bits per heavy atom. The van der Waals surface area contributed by atoms with Crippen LogP contribution in [-0.2, 0) is 0 Å². The van der Waals surface area contributed by atoms with E-state index in [-0.39, 0.29) is 11.1 Å². The number of benzene rings is 2. The molecule has 0 bridgehead atoms. The molecule has 2 aromatic carbocycles. The van der Waals surface area contributed by atoms with E-state index >= 15 is 0 Å². The van der Waals surface area contributed by atoms with Gasteiger partial charge in [-0.3, -0.25) is 20.4 Å².